The number of rotatable bonds is 5. The zero-order valence-electron chi connectivity index (χ0n) is 15.9. The number of benzene rings is 2. The van der Waals surface area contributed by atoms with E-state index in [9.17, 15) is 14.4 Å². The summed E-state index contributed by atoms with van der Waals surface area (Å²) >= 11 is 0. The number of ether oxygens (including phenoxy) is 2. The highest BCUT2D eigenvalue weighted by Gasteiger charge is 2.42. The average Bonchev–Trinajstić information content (AvgIpc) is 3.20. The third-order valence-corrected chi connectivity index (χ3v) is 4.84. The summed E-state index contributed by atoms with van der Waals surface area (Å²) in [4.78, 5) is 40.2. The van der Waals surface area contributed by atoms with Crippen molar-refractivity contribution in [3.63, 3.8) is 0 Å². The standard InChI is InChI=1S/C21H21N3O5/c1-2-3-10-22-19(25)18-20(26)23-14-6-4-5-7-15(14)24(18)21(27)13-8-9-16-17(11-13)29-12-28-16/h4-9,11,18H,2-3,10,12H2,1H3,(H,22,25)(H,23,26). The van der Waals surface area contributed by atoms with Crippen LogP contribution in [0.2, 0.25) is 0 Å². The van der Waals surface area contributed by atoms with E-state index in [2.05, 4.69) is 10.6 Å². The van der Waals surface area contributed by atoms with E-state index in [1.165, 1.54) is 4.90 Å². The van der Waals surface area contributed by atoms with Gasteiger partial charge >= 0.3 is 0 Å². The van der Waals surface area contributed by atoms with E-state index in [0.717, 1.165) is 12.8 Å². The zero-order valence-corrected chi connectivity index (χ0v) is 15.9. The summed E-state index contributed by atoms with van der Waals surface area (Å²) in [6.07, 6.45) is 1.69. The van der Waals surface area contributed by atoms with Crippen molar-refractivity contribution in [1.82, 2.24) is 5.32 Å². The van der Waals surface area contributed by atoms with E-state index < -0.39 is 23.8 Å². The predicted octanol–water partition coefficient (Wildman–Crippen LogP) is 2.30. The molecule has 150 valence electrons. The fraction of sp³-hybridized carbons (Fsp3) is 0.286. The predicted molar refractivity (Wildman–Crippen MR) is 106 cm³/mol. The Morgan fingerprint density at radius 3 is 2.79 bits per heavy atom. The minimum Gasteiger partial charge on any atom is -0.454 e. The molecular weight excluding hydrogens is 374 g/mol. The number of amides is 3. The first-order chi connectivity index (χ1) is 14.1. The minimum absolute atomic E-state index is 0.0877. The van der Waals surface area contributed by atoms with Gasteiger partial charge in [0.25, 0.3) is 17.7 Å². The minimum atomic E-state index is -1.31. The monoisotopic (exact) mass is 395 g/mol. The van der Waals surface area contributed by atoms with E-state index in [0.29, 0.717) is 35.0 Å². The second kappa shape index (κ2) is 7.83. The van der Waals surface area contributed by atoms with Crippen molar-refractivity contribution in [2.45, 2.75) is 25.8 Å². The number of nitrogens with zero attached hydrogens (tertiary/aromatic N) is 1. The van der Waals surface area contributed by atoms with Crippen molar-refractivity contribution < 1.29 is 23.9 Å². The van der Waals surface area contributed by atoms with E-state index >= 15 is 0 Å². The molecule has 2 aromatic rings. The summed E-state index contributed by atoms with van der Waals surface area (Å²) in [7, 11) is 0. The maximum absolute atomic E-state index is 13.4. The molecule has 8 nitrogen and oxygen atoms in total. The Balaban J connectivity index is 1.72. The molecule has 0 saturated heterocycles. The Labute approximate surface area is 167 Å². The summed E-state index contributed by atoms with van der Waals surface area (Å²) in [5, 5.41) is 5.48. The van der Waals surface area contributed by atoms with Crippen LogP contribution in [0, 0.1) is 0 Å². The van der Waals surface area contributed by atoms with E-state index in [-0.39, 0.29) is 6.79 Å². The number of para-hydroxylation sites is 2. The molecule has 2 aromatic carbocycles. The SMILES string of the molecule is CCCCNC(=O)C1C(=O)Nc2ccccc2N1C(=O)c1ccc2c(c1)OCO2. The first-order valence-electron chi connectivity index (χ1n) is 9.51. The van der Waals surface area contributed by atoms with Crippen LogP contribution in [0.4, 0.5) is 11.4 Å². The van der Waals surface area contributed by atoms with Gasteiger partial charge in [0.15, 0.2) is 17.5 Å². The van der Waals surface area contributed by atoms with Crippen LogP contribution < -0.4 is 25.0 Å². The van der Waals surface area contributed by atoms with E-state index in [1.807, 2.05) is 6.92 Å². The lowest BCUT2D eigenvalue weighted by molar-refractivity contribution is -0.128. The van der Waals surface area contributed by atoms with Crippen LogP contribution in [0.15, 0.2) is 42.5 Å². The smallest absolute Gasteiger partial charge is 0.259 e. The largest absolute Gasteiger partial charge is 0.454 e. The molecule has 3 amide bonds. The summed E-state index contributed by atoms with van der Waals surface area (Å²) < 4.78 is 10.6. The molecule has 1 unspecified atom stereocenters. The topological polar surface area (TPSA) is 97.0 Å². The third kappa shape index (κ3) is 3.49. The van der Waals surface area contributed by atoms with Gasteiger partial charge in [-0.3, -0.25) is 19.3 Å². The first kappa shape index (κ1) is 18.8. The van der Waals surface area contributed by atoms with Crippen LogP contribution in [-0.2, 0) is 9.59 Å². The number of carbonyl (C=O) groups is 3. The number of anilines is 2. The molecule has 2 heterocycles. The molecule has 29 heavy (non-hydrogen) atoms. The number of nitrogens with one attached hydrogen (secondary N) is 2. The van der Waals surface area contributed by atoms with Gasteiger partial charge in [-0.2, -0.15) is 0 Å². The van der Waals surface area contributed by atoms with Gasteiger partial charge in [-0.05, 0) is 36.8 Å². The zero-order chi connectivity index (χ0) is 20.4. The molecule has 0 aromatic heterocycles. The lowest BCUT2D eigenvalue weighted by atomic mass is 10.0. The first-order valence-corrected chi connectivity index (χ1v) is 9.51. The second-order valence-electron chi connectivity index (χ2n) is 6.80. The number of hydrogen-bond acceptors (Lipinski definition) is 5. The van der Waals surface area contributed by atoms with Crippen LogP contribution in [0.5, 0.6) is 11.5 Å². The molecule has 4 rings (SSSR count). The van der Waals surface area contributed by atoms with Gasteiger partial charge in [-0.15, -0.1) is 0 Å². The van der Waals surface area contributed by atoms with Gasteiger partial charge in [-0.1, -0.05) is 25.5 Å². The van der Waals surface area contributed by atoms with Gasteiger partial charge in [0.2, 0.25) is 6.79 Å². The Morgan fingerprint density at radius 1 is 1.17 bits per heavy atom. The molecule has 2 N–H and O–H groups in total. The molecule has 2 aliphatic heterocycles. The van der Waals surface area contributed by atoms with E-state index in [1.54, 1.807) is 42.5 Å². The summed E-state index contributed by atoms with van der Waals surface area (Å²) in [5.74, 6) is -0.533. The van der Waals surface area contributed by atoms with Gasteiger partial charge in [-0.25, -0.2) is 0 Å². The lowest BCUT2D eigenvalue weighted by Crippen LogP contribution is -2.58. The highest BCUT2D eigenvalue weighted by Crippen LogP contribution is 2.36. The third-order valence-electron chi connectivity index (χ3n) is 4.84. The van der Waals surface area contributed by atoms with Crippen molar-refractivity contribution in [1.29, 1.82) is 0 Å². The maximum atomic E-state index is 13.4. The maximum Gasteiger partial charge on any atom is 0.259 e. The van der Waals surface area contributed by atoms with Crippen LogP contribution in [-0.4, -0.2) is 37.1 Å². The summed E-state index contributed by atoms with van der Waals surface area (Å²) in [6, 6.07) is 10.4. The van der Waals surface area contributed by atoms with Crippen LogP contribution in [0.1, 0.15) is 30.1 Å². The van der Waals surface area contributed by atoms with Crippen LogP contribution >= 0.6 is 0 Å². The fourth-order valence-electron chi connectivity index (χ4n) is 3.36. The second-order valence-corrected chi connectivity index (χ2v) is 6.80. The average molecular weight is 395 g/mol. The number of fused-ring (bicyclic) bond motifs is 2. The Hall–Kier alpha value is -3.55. The molecule has 2 aliphatic rings. The molecule has 0 fully saturated rings. The Morgan fingerprint density at radius 2 is 1.97 bits per heavy atom. The Bertz CT molecular complexity index is 975. The molecule has 0 bridgehead atoms. The van der Waals surface area contributed by atoms with Crippen molar-refractivity contribution in [2.24, 2.45) is 0 Å². The number of hydrogen-bond donors (Lipinski definition) is 2. The van der Waals surface area contributed by atoms with Crippen molar-refractivity contribution in [3.05, 3.63) is 48.0 Å². The van der Waals surface area contributed by atoms with Crippen molar-refractivity contribution in [2.75, 3.05) is 23.6 Å². The highest BCUT2D eigenvalue weighted by molar-refractivity contribution is 6.24. The summed E-state index contributed by atoms with van der Waals surface area (Å²) in [6.45, 7) is 2.53. The molecule has 0 aliphatic carbocycles. The van der Waals surface area contributed by atoms with Crippen molar-refractivity contribution in [3.8, 4) is 11.5 Å². The molecule has 8 heteroatoms. The normalized spacial score (nSPS) is 16.8. The quantitative estimate of drug-likeness (QED) is 0.598. The van der Waals surface area contributed by atoms with Crippen LogP contribution in [0.3, 0.4) is 0 Å². The van der Waals surface area contributed by atoms with Gasteiger partial charge in [0.1, 0.15) is 0 Å². The van der Waals surface area contributed by atoms with Gasteiger partial charge in [0, 0.05) is 12.1 Å². The van der Waals surface area contributed by atoms with Crippen molar-refractivity contribution >= 4 is 29.1 Å². The number of carbonyl (C=O) groups excluding carboxylic acids is 3. The van der Waals surface area contributed by atoms with Gasteiger partial charge < -0.3 is 20.1 Å². The highest BCUT2D eigenvalue weighted by atomic mass is 16.7. The number of unbranched alkanes of at least 4 members (excludes halogenated alkanes) is 1. The fourth-order valence-corrected chi connectivity index (χ4v) is 3.36. The molecular formula is C21H21N3O5. The molecule has 1 atom stereocenters. The molecule has 0 spiro atoms. The summed E-state index contributed by atoms with van der Waals surface area (Å²) in [5.41, 5.74) is 1.24. The van der Waals surface area contributed by atoms with E-state index in [4.69, 9.17) is 9.47 Å². The Kier molecular flexibility index (Phi) is 5.07. The molecule has 0 saturated carbocycles. The van der Waals surface area contributed by atoms with Gasteiger partial charge in [0.05, 0.1) is 11.4 Å². The lowest BCUT2D eigenvalue weighted by Gasteiger charge is -2.35. The molecule has 0 radical (unpaired) electrons. The van der Waals surface area contributed by atoms with Crippen LogP contribution in [0.25, 0.3) is 0 Å².